The van der Waals surface area contributed by atoms with Crippen molar-refractivity contribution in [2.24, 2.45) is 0 Å². The first-order chi connectivity index (χ1) is 8.89. The second kappa shape index (κ2) is 5.70. The van der Waals surface area contributed by atoms with Crippen LogP contribution in [0.15, 0.2) is 39.8 Å². The van der Waals surface area contributed by atoms with Crippen LogP contribution < -0.4 is 0 Å². The highest BCUT2D eigenvalue weighted by molar-refractivity contribution is 9.10. The van der Waals surface area contributed by atoms with Crippen molar-refractivity contribution in [2.45, 2.75) is 18.4 Å². The molecule has 1 aromatic carbocycles. The van der Waals surface area contributed by atoms with Crippen molar-refractivity contribution in [1.82, 2.24) is 9.29 Å². The van der Waals surface area contributed by atoms with Gasteiger partial charge in [0.2, 0.25) is 10.0 Å². The molecule has 102 valence electrons. The number of rotatable bonds is 4. The zero-order chi connectivity index (χ0) is 14.0. The first-order valence-electron chi connectivity index (χ1n) is 5.53. The molecule has 4 nitrogen and oxygen atoms in total. The molecule has 19 heavy (non-hydrogen) atoms. The Bertz CT molecular complexity index is 665. The van der Waals surface area contributed by atoms with Gasteiger partial charge >= 0.3 is 0 Å². The van der Waals surface area contributed by atoms with E-state index in [1.807, 2.05) is 6.92 Å². The van der Waals surface area contributed by atoms with Gasteiger partial charge in [0.15, 0.2) is 0 Å². The number of sulfonamides is 1. The van der Waals surface area contributed by atoms with Crippen molar-refractivity contribution < 1.29 is 8.42 Å². The number of nitrogens with zero attached hydrogens (tertiary/aromatic N) is 2. The van der Waals surface area contributed by atoms with E-state index in [2.05, 4.69) is 20.9 Å². The summed E-state index contributed by atoms with van der Waals surface area (Å²) in [4.78, 5) is 5.35. The number of halogens is 1. The van der Waals surface area contributed by atoms with E-state index in [9.17, 15) is 8.42 Å². The number of aromatic nitrogens is 1. The van der Waals surface area contributed by atoms with Gasteiger partial charge in [0.05, 0.1) is 9.90 Å². The van der Waals surface area contributed by atoms with Gasteiger partial charge in [0, 0.05) is 29.1 Å². The fraction of sp³-hybridized carbons (Fsp3) is 0.250. The molecule has 0 atom stereocenters. The van der Waals surface area contributed by atoms with Crippen LogP contribution in [0.5, 0.6) is 0 Å². The van der Waals surface area contributed by atoms with Crippen molar-refractivity contribution >= 4 is 37.3 Å². The third kappa shape index (κ3) is 3.42. The number of hydrogen-bond donors (Lipinski definition) is 0. The molecule has 0 aliphatic heterocycles. The van der Waals surface area contributed by atoms with Crippen LogP contribution in [0.4, 0.5) is 0 Å². The van der Waals surface area contributed by atoms with E-state index in [0.29, 0.717) is 11.4 Å². The van der Waals surface area contributed by atoms with Gasteiger partial charge in [-0.2, -0.15) is 4.31 Å². The molecule has 0 radical (unpaired) electrons. The van der Waals surface area contributed by atoms with Gasteiger partial charge in [-0.25, -0.2) is 13.4 Å². The fourth-order valence-corrected chi connectivity index (χ4v) is 3.91. The first kappa shape index (κ1) is 14.6. The summed E-state index contributed by atoms with van der Waals surface area (Å²) in [6.45, 7) is 2.24. The summed E-state index contributed by atoms with van der Waals surface area (Å²) < 4.78 is 26.9. The van der Waals surface area contributed by atoms with Crippen molar-refractivity contribution in [2.75, 3.05) is 7.05 Å². The minimum atomic E-state index is -3.45. The predicted octanol–water partition coefficient (Wildman–Crippen LogP) is 3.03. The van der Waals surface area contributed by atoms with E-state index >= 15 is 0 Å². The SMILES string of the molecule is Cc1ncc(CN(C)S(=O)(=O)c2ccc(Br)cc2)s1. The minimum Gasteiger partial charge on any atom is -0.250 e. The molecular formula is C12H13BrN2O2S2. The van der Waals surface area contributed by atoms with E-state index in [-0.39, 0.29) is 0 Å². The molecular weight excluding hydrogens is 348 g/mol. The second-order valence-electron chi connectivity index (χ2n) is 4.06. The van der Waals surface area contributed by atoms with Crippen molar-refractivity contribution in [3.05, 3.63) is 44.8 Å². The number of hydrogen-bond acceptors (Lipinski definition) is 4. The third-order valence-electron chi connectivity index (χ3n) is 2.57. The van der Waals surface area contributed by atoms with Gasteiger partial charge in [0.25, 0.3) is 0 Å². The average Bonchev–Trinajstić information content (AvgIpc) is 2.75. The van der Waals surface area contributed by atoms with Crippen LogP contribution in [0.2, 0.25) is 0 Å². The molecule has 7 heteroatoms. The summed E-state index contributed by atoms with van der Waals surface area (Å²) in [5.74, 6) is 0. The lowest BCUT2D eigenvalue weighted by Gasteiger charge is -2.16. The lowest BCUT2D eigenvalue weighted by molar-refractivity contribution is 0.469. The highest BCUT2D eigenvalue weighted by Gasteiger charge is 2.21. The van der Waals surface area contributed by atoms with Gasteiger partial charge in [-0.1, -0.05) is 15.9 Å². The summed E-state index contributed by atoms with van der Waals surface area (Å²) in [5, 5.41) is 0.935. The van der Waals surface area contributed by atoms with Gasteiger partial charge in [-0.3, -0.25) is 0 Å². The maximum absolute atomic E-state index is 12.3. The first-order valence-corrected chi connectivity index (χ1v) is 8.58. The molecule has 0 saturated carbocycles. The molecule has 2 aromatic rings. The van der Waals surface area contributed by atoms with Crippen LogP contribution in [0.1, 0.15) is 9.88 Å². The lowest BCUT2D eigenvalue weighted by atomic mass is 10.4. The highest BCUT2D eigenvalue weighted by atomic mass is 79.9. The summed E-state index contributed by atoms with van der Waals surface area (Å²) in [5.41, 5.74) is 0. The normalized spacial score (nSPS) is 12.0. The van der Waals surface area contributed by atoms with Crippen LogP contribution in [-0.2, 0) is 16.6 Å². The summed E-state index contributed by atoms with van der Waals surface area (Å²) in [6.07, 6.45) is 1.72. The largest absolute Gasteiger partial charge is 0.250 e. The van der Waals surface area contributed by atoms with Crippen molar-refractivity contribution in [3.63, 3.8) is 0 Å². The van der Waals surface area contributed by atoms with E-state index in [1.165, 1.54) is 15.6 Å². The minimum absolute atomic E-state index is 0.291. The van der Waals surface area contributed by atoms with Crippen LogP contribution in [0, 0.1) is 6.92 Å². The van der Waals surface area contributed by atoms with E-state index < -0.39 is 10.0 Å². The topological polar surface area (TPSA) is 50.3 Å². The van der Waals surface area contributed by atoms with Gasteiger partial charge in [-0.15, -0.1) is 11.3 Å². The Kier molecular flexibility index (Phi) is 4.39. The fourth-order valence-electron chi connectivity index (χ4n) is 1.57. The molecule has 0 N–H and O–H groups in total. The van der Waals surface area contributed by atoms with Gasteiger partial charge < -0.3 is 0 Å². The highest BCUT2D eigenvalue weighted by Crippen LogP contribution is 2.21. The van der Waals surface area contributed by atoms with Crippen LogP contribution in [0.25, 0.3) is 0 Å². The summed E-state index contributed by atoms with van der Waals surface area (Å²) in [6, 6.07) is 6.62. The van der Waals surface area contributed by atoms with Crippen LogP contribution >= 0.6 is 27.3 Å². The van der Waals surface area contributed by atoms with Gasteiger partial charge in [-0.05, 0) is 31.2 Å². The molecule has 2 rings (SSSR count). The Labute approximate surface area is 125 Å². The van der Waals surface area contributed by atoms with Crippen LogP contribution in [-0.4, -0.2) is 24.8 Å². The lowest BCUT2D eigenvalue weighted by Crippen LogP contribution is -2.26. The monoisotopic (exact) mass is 360 g/mol. The Hall–Kier alpha value is -0.760. The predicted molar refractivity (Wildman–Crippen MR) is 79.6 cm³/mol. The summed E-state index contributed by atoms with van der Waals surface area (Å²) in [7, 11) is -1.88. The number of aryl methyl sites for hydroxylation is 1. The molecule has 0 unspecified atom stereocenters. The molecule has 1 aromatic heterocycles. The number of benzene rings is 1. The molecule has 0 amide bonds. The quantitative estimate of drug-likeness (QED) is 0.841. The molecule has 1 heterocycles. The molecule has 0 spiro atoms. The van der Waals surface area contributed by atoms with E-state index in [4.69, 9.17) is 0 Å². The maximum Gasteiger partial charge on any atom is 0.243 e. The number of thiazole rings is 1. The third-order valence-corrected chi connectivity index (χ3v) is 5.81. The molecule has 0 saturated heterocycles. The zero-order valence-corrected chi connectivity index (χ0v) is 13.7. The van der Waals surface area contributed by atoms with E-state index in [0.717, 1.165) is 14.4 Å². The Morgan fingerprint density at radius 2 is 1.95 bits per heavy atom. The molecule has 0 bridgehead atoms. The molecule has 0 aliphatic rings. The Morgan fingerprint density at radius 1 is 1.32 bits per heavy atom. The smallest absolute Gasteiger partial charge is 0.243 e. The maximum atomic E-state index is 12.3. The standard InChI is InChI=1S/C12H13BrN2O2S2/c1-9-14-7-11(18-9)8-15(2)19(16,17)12-5-3-10(13)4-6-12/h3-7H,8H2,1-2H3. The Morgan fingerprint density at radius 3 is 2.47 bits per heavy atom. The van der Waals surface area contributed by atoms with Crippen LogP contribution in [0.3, 0.4) is 0 Å². The van der Waals surface area contributed by atoms with Gasteiger partial charge in [0.1, 0.15) is 0 Å². The van der Waals surface area contributed by atoms with Crippen molar-refractivity contribution in [3.8, 4) is 0 Å². The molecule has 0 aliphatic carbocycles. The summed E-state index contributed by atoms with van der Waals surface area (Å²) >= 11 is 4.80. The molecule has 0 fully saturated rings. The average molecular weight is 361 g/mol. The Balaban J connectivity index is 2.21. The van der Waals surface area contributed by atoms with E-state index in [1.54, 1.807) is 37.5 Å². The zero-order valence-electron chi connectivity index (χ0n) is 10.5. The second-order valence-corrected chi connectivity index (χ2v) is 8.34. The van der Waals surface area contributed by atoms with Crippen molar-refractivity contribution in [1.29, 1.82) is 0 Å².